The lowest BCUT2D eigenvalue weighted by Gasteiger charge is -2.39. The van der Waals surface area contributed by atoms with Crippen molar-refractivity contribution >= 4 is 24.6 Å². The summed E-state index contributed by atoms with van der Waals surface area (Å²) in [4.78, 5) is 12.6. The third-order valence-electron chi connectivity index (χ3n) is 4.46. The van der Waals surface area contributed by atoms with Gasteiger partial charge in [-0.15, -0.1) is 0 Å². The first-order chi connectivity index (χ1) is 11.3. The zero-order chi connectivity index (χ0) is 16.1. The largest absolute Gasteiger partial charge is 0.311 e. The van der Waals surface area contributed by atoms with Crippen molar-refractivity contribution in [2.45, 2.75) is 45.1 Å². The Kier molecular flexibility index (Phi) is 5.46. The van der Waals surface area contributed by atoms with Gasteiger partial charge in [-0.3, -0.25) is 4.79 Å². The fourth-order valence-corrected chi connectivity index (χ4v) is 5.97. The number of hydrogen-bond donors (Lipinski definition) is 0. The van der Waals surface area contributed by atoms with Gasteiger partial charge >= 0.3 is 0 Å². The average molecular weight is 325 g/mol. The molecule has 0 saturated heterocycles. The molecule has 0 aromatic heterocycles. The van der Waals surface area contributed by atoms with Crippen LogP contribution < -0.4 is 10.6 Å². The highest BCUT2D eigenvalue weighted by molar-refractivity contribution is 7.71. The Morgan fingerprint density at radius 1 is 0.870 bits per heavy atom. The molecule has 0 heterocycles. The number of amides is 1. The lowest BCUT2D eigenvalue weighted by atomic mass is 9.95. The predicted octanol–water partition coefficient (Wildman–Crippen LogP) is 4.22. The van der Waals surface area contributed by atoms with Crippen LogP contribution in [-0.2, 0) is 4.79 Å². The molecule has 0 N–H and O–H groups in total. The summed E-state index contributed by atoms with van der Waals surface area (Å²) in [7, 11) is -0.793. The maximum Gasteiger partial charge on any atom is 0.223 e. The van der Waals surface area contributed by atoms with Crippen molar-refractivity contribution in [2.75, 3.05) is 0 Å². The molecule has 0 bridgehead atoms. The van der Waals surface area contributed by atoms with Crippen LogP contribution in [0, 0.1) is 0 Å². The molecule has 1 fully saturated rings. The highest BCUT2D eigenvalue weighted by Gasteiger charge is 2.31. The third-order valence-corrected chi connectivity index (χ3v) is 7.07. The van der Waals surface area contributed by atoms with Gasteiger partial charge in [0.2, 0.25) is 5.91 Å². The summed E-state index contributed by atoms with van der Waals surface area (Å²) in [5, 5.41) is 2.52. The first kappa shape index (κ1) is 16.2. The molecular formula is C20H24NOP. The minimum atomic E-state index is -0.793. The molecule has 1 saturated carbocycles. The first-order valence-electron chi connectivity index (χ1n) is 8.47. The maximum absolute atomic E-state index is 12.6. The molecule has 23 heavy (non-hydrogen) atoms. The lowest BCUT2D eigenvalue weighted by molar-refractivity contribution is -0.125. The van der Waals surface area contributed by atoms with Gasteiger partial charge in [0.25, 0.3) is 0 Å². The Hall–Kier alpha value is -1.66. The van der Waals surface area contributed by atoms with Crippen LogP contribution in [-0.4, -0.2) is 16.6 Å². The van der Waals surface area contributed by atoms with Crippen LogP contribution in [0.25, 0.3) is 0 Å². The molecule has 3 heteroatoms. The quantitative estimate of drug-likeness (QED) is 0.771. The van der Waals surface area contributed by atoms with E-state index in [9.17, 15) is 4.79 Å². The van der Waals surface area contributed by atoms with E-state index in [-0.39, 0.29) is 5.91 Å². The highest BCUT2D eigenvalue weighted by Crippen LogP contribution is 2.43. The molecule has 120 valence electrons. The molecule has 0 radical (unpaired) electrons. The summed E-state index contributed by atoms with van der Waals surface area (Å²) in [5.74, 6) is 0.204. The van der Waals surface area contributed by atoms with Gasteiger partial charge in [-0.2, -0.15) is 0 Å². The lowest BCUT2D eigenvalue weighted by Crippen LogP contribution is -2.41. The Bertz CT molecular complexity index is 583. The Morgan fingerprint density at radius 3 is 1.78 bits per heavy atom. The standard InChI is InChI=1S/C20H24NOP/c1-17(22)21(18-11-5-2-6-12-18)23(19-13-7-3-8-14-19)20-15-9-4-10-16-20/h3-4,7-10,13-16,18H,2,5-6,11-12H2,1H3. The van der Waals surface area contributed by atoms with Crippen LogP contribution in [0.3, 0.4) is 0 Å². The third kappa shape index (κ3) is 3.82. The minimum absolute atomic E-state index is 0.204. The molecule has 2 aromatic carbocycles. The van der Waals surface area contributed by atoms with Crippen molar-refractivity contribution < 1.29 is 4.79 Å². The van der Waals surface area contributed by atoms with Crippen LogP contribution in [0.15, 0.2) is 60.7 Å². The van der Waals surface area contributed by atoms with Gasteiger partial charge < -0.3 is 4.67 Å². The fourth-order valence-electron chi connectivity index (χ4n) is 3.42. The summed E-state index contributed by atoms with van der Waals surface area (Å²) in [6, 6.07) is 21.4. The van der Waals surface area contributed by atoms with Gasteiger partial charge in [0.1, 0.15) is 0 Å². The number of benzene rings is 2. The number of nitrogens with zero attached hydrogens (tertiary/aromatic N) is 1. The van der Waals surface area contributed by atoms with E-state index in [1.54, 1.807) is 6.92 Å². The predicted molar refractivity (Wildman–Crippen MR) is 98.5 cm³/mol. The van der Waals surface area contributed by atoms with Gasteiger partial charge in [0.05, 0.1) is 8.07 Å². The van der Waals surface area contributed by atoms with Gasteiger partial charge in [0, 0.05) is 23.6 Å². The molecule has 3 rings (SSSR count). The summed E-state index contributed by atoms with van der Waals surface area (Å²) < 4.78 is 2.19. The molecule has 2 nitrogen and oxygen atoms in total. The number of rotatable bonds is 4. The first-order valence-corrected chi connectivity index (χ1v) is 9.77. The summed E-state index contributed by atoms with van der Waals surface area (Å²) >= 11 is 0. The zero-order valence-corrected chi connectivity index (χ0v) is 14.6. The molecular weight excluding hydrogens is 301 g/mol. The molecule has 0 unspecified atom stereocenters. The topological polar surface area (TPSA) is 20.3 Å². The van der Waals surface area contributed by atoms with Crippen LogP contribution in [0.2, 0.25) is 0 Å². The molecule has 0 aliphatic heterocycles. The molecule has 1 amide bonds. The smallest absolute Gasteiger partial charge is 0.223 e. The average Bonchev–Trinajstić information content (AvgIpc) is 2.61. The van der Waals surface area contributed by atoms with E-state index in [1.165, 1.54) is 29.9 Å². The van der Waals surface area contributed by atoms with E-state index >= 15 is 0 Å². The van der Waals surface area contributed by atoms with Crippen LogP contribution in [0.5, 0.6) is 0 Å². The van der Waals surface area contributed by atoms with E-state index in [0.29, 0.717) is 6.04 Å². The van der Waals surface area contributed by atoms with Crippen LogP contribution in [0.1, 0.15) is 39.0 Å². The molecule has 2 aromatic rings. The zero-order valence-electron chi connectivity index (χ0n) is 13.7. The van der Waals surface area contributed by atoms with Gasteiger partial charge in [0.15, 0.2) is 0 Å². The van der Waals surface area contributed by atoms with E-state index < -0.39 is 8.07 Å². The van der Waals surface area contributed by atoms with E-state index in [2.05, 4.69) is 53.2 Å². The molecule has 1 aliphatic carbocycles. The fraction of sp³-hybridized carbons (Fsp3) is 0.350. The van der Waals surface area contributed by atoms with Crippen molar-refractivity contribution in [1.82, 2.24) is 4.67 Å². The monoisotopic (exact) mass is 325 g/mol. The Labute approximate surface area is 140 Å². The molecule has 0 spiro atoms. The number of hydrogen-bond acceptors (Lipinski definition) is 1. The minimum Gasteiger partial charge on any atom is -0.311 e. The number of carbonyl (C=O) groups excluding carboxylic acids is 1. The van der Waals surface area contributed by atoms with Crippen molar-refractivity contribution in [1.29, 1.82) is 0 Å². The molecule has 1 aliphatic rings. The van der Waals surface area contributed by atoms with Gasteiger partial charge in [-0.1, -0.05) is 79.9 Å². The normalized spacial score (nSPS) is 15.6. The van der Waals surface area contributed by atoms with Crippen molar-refractivity contribution in [3.63, 3.8) is 0 Å². The summed E-state index contributed by atoms with van der Waals surface area (Å²) in [5.41, 5.74) is 0. The highest BCUT2D eigenvalue weighted by atomic mass is 31.1. The summed E-state index contributed by atoms with van der Waals surface area (Å²) in [6.07, 6.45) is 6.05. The maximum atomic E-state index is 12.6. The van der Waals surface area contributed by atoms with Crippen LogP contribution in [0.4, 0.5) is 0 Å². The second kappa shape index (κ2) is 7.75. The van der Waals surface area contributed by atoms with Crippen molar-refractivity contribution in [2.24, 2.45) is 0 Å². The Morgan fingerprint density at radius 2 is 1.35 bits per heavy atom. The second-order valence-corrected chi connectivity index (χ2v) is 8.23. The number of carbonyl (C=O) groups is 1. The van der Waals surface area contributed by atoms with Crippen LogP contribution >= 0.6 is 8.07 Å². The SMILES string of the molecule is CC(=O)N(C1CCCCC1)P(c1ccccc1)c1ccccc1. The second-order valence-electron chi connectivity index (χ2n) is 6.14. The van der Waals surface area contributed by atoms with E-state index in [4.69, 9.17) is 0 Å². The van der Waals surface area contributed by atoms with Crippen molar-refractivity contribution in [3.05, 3.63) is 60.7 Å². The van der Waals surface area contributed by atoms with E-state index in [1.807, 2.05) is 12.1 Å². The summed E-state index contributed by atoms with van der Waals surface area (Å²) in [6.45, 7) is 1.73. The Balaban J connectivity index is 2.03. The van der Waals surface area contributed by atoms with Gasteiger partial charge in [-0.05, 0) is 12.8 Å². The van der Waals surface area contributed by atoms with E-state index in [0.717, 1.165) is 12.8 Å². The van der Waals surface area contributed by atoms with Crippen molar-refractivity contribution in [3.8, 4) is 0 Å². The van der Waals surface area contributed by atoms with Gasteiger partial charge in [-0.25, -0.2) is 0 Å². The molecule has 0 atom stereocenters.